The van der Waals surface area contributed by atoms with Crippen molar-refractivity contribution in [2.24, 2.45) is 0 Å². The molecule has 5 nitrogen and oxygen atoms in total. The molecule has 0 aliphatic rings. The normalized spacial score (nSPS) is 12.5. The van der Waals surface area contributed by atoms with Crippen molar-refractivity contribution in [2.75, 3.05) is 0 Å². The zero-order valence-corrected chi connectivity index (χ0v) is 46.6. The molecule has 3 heterocycles. The average molecular weight is 1140 g/mol. The molecule has 0 fully saturated rings. The molecule has 0 aliphatic heterocycles. The van der Waals surface area contributed by atoms with Gasteiger partial charge in [-0.1, -0.05) is 209 Å². The fourth-order valence-corrected chi connectivity index (χ4v) is 10.3. The van der Waals surface area contributed by atoms with Crippen LogP contribution in [-0.4, -0.2) is 14.1 Å². The van der Waals surface area contributed by atoms with Gasteiger partial charge >= 0.3 is 0 Å². The Morgan fingerprint density at radius 3 is 1.60 bits per heavy atom. The summed E-state index contributed by atoms with van der Waals surface area (Å²) in [4.78, 5) is 5.04. The van der Waals surface area contributed by atoms with Gasteiger partial charge in [0.25, 0.3) is 6.33 Å². The van der Waals surface area contributed by atoms with E-state index in [1.165, 1.54) is 38.9 Å². The third kappa shape index (κ3) is 9.66. The third-order valence-electron chi connectivity index (χ3n) is 15.0. The van der Waals surface area contributed by atoms with Crippen molar-refractivity contribution in [3.8, 4) is 28.7 Å². The van der Waals surface area contributed by atoms with Gasteiger partial charge in [0.15, 0.2) is 0 Å². The van der Waals surface area contributed by atoms with Crippen LogP contribution in [0.3, 0.4) is 0 Å². The van der Waals surface area contributed by atoms with Crippen LogP contribution in [0.25, 0.3) is 39.0 Å². The Labute approximate surface area is 447 Å². The van der Waals surface area contributed by atoms with Crippen molar-refractivity contribution < 1.29 is 30.4 Å². The topological polar surface area (TPSA) is 35.9 Å². The minimum atomic E-state index is -0.273. The van der Waals surface area contributed by atoms with Gasteiger partial charge in [-0.25, -0.2) is 4.98 Å². The first-order valence-corrected chi connectivity index (χ1v) is 25.3. The number of rotatable bonds is 11. The Morgan fingerprint density at radius 2 is 1.04 bits per heavy atom. The van der Waals surface area contributed by atoms with Crippen LogP contribution in [0.1, 0.15) is 128 Å². The largest absolute Gasteiger partial charge is 0.510 e. The molecule has 0 bridgehead atoms. The van der Waals surface area contributed by atoms with E-state index in [0.29, 0.717) is 11.5 Å². The molecule has 7 aromatic carbocycles. The van der Waals surface area contributed by atoms with Crippen molar-refractivity contribution in [3.63, 3.8) is 0 Å². The first kappa shape index (κ1) is 51.1. The number of ether oxygens (including phenoxy) is 1. The first-order valence-electron chi connectivity index (χ1n) is 25.3. The van der Waals surface area contributed by atoms with E-state index < -0.39 is 0 Å². The van der Waals surface area contributed by atoms with Crippen molar-refractivity contribution in [1.29, 1.82) is 0 Å². The molecular formula is C67H66N4OPt-2. The Balaban J connectivity index is 0.00000656. The summed E-state index contributed by atoms with van der Waals surface area (Å²) in [5.41, 5.74) is 12.3. The average Bonchev–Trinajstić information content (AvgIpc) is 3.98. The summed E-state index contributed by atoms with van der Waals surface area (Å²) in [7, 11) is 0. The Bertz CT molecular complexity index is 3520. The molecule has 0 unspecified atom stereocenters. The standard InChI is InChI=1S/C67H66N4O.Pt/c1-63(2,3)57-42-55(43-59-62(57)56-33-22-23-34-58(56)71(59)61-40-49(35-36-68-61)65(7,8)46-25-16-13-17-26-46)72-54-32-24-31-52(41-54)69-44-60(64(4,5)6)70(45-69)53-38-50(66(9,10)47-27-18-14-19-28-47)37-51(39-53)67(11,12)48-29-20-15-21-30-48;/h13-40,42,44H,1-12H3;/q-2;. The van der Waals surface area contributed by atoms with Gasteiger partial charge < -0.3 is 13.9 Å². The molecule has 6 heteroatoms. The Kier molecular flexibility index (Phi) is 13.5. The smallest absolute Gasteiger partial charge is 0.267 e. The molecule has 0 amide bonds. The summed E-state index contributed by atoms with van der Waals surface area (Å²) in [6.07, 6.45) is 7.92. The maximum Gasteiger partial charge on any atom is 0.267 e. The van der Waals surface area contributed by atoms with Crippen LogP contribution in [0.15, 0.2) is 182 Å². The number of fused-ring (bicyclic) bond motifs is 3. The van der Waals surface area contributed by atoms with Crippen LogP contribution in [0, 0.1) is 18.5 Å². The SMILES string of the molecule is CC(C)(C)c1cc(Oc2[c-]c(-n3[c-][n+](-c4cc(C(C)(C)c5ccccc5)cc(C(C)(C)c5ccccc5)c4)c(C(C)(C)C)c3)ccc2)[c-]c2c1c1ccccc1n2-c1cc(C(C)(C)c2ccccc2)ccn1.[Pt]. The summed E-state index contributed by atoms with van der Waals surface area (Å²) in [6.45, 7) is 27.4. The molecule has 372 valence electrons. The molecule has 0 saturated heterocycles. The summed E-state index contributed by atoms with van der Waals surface area (Å²) in [5.74, 6) is 2.03. The van der Waals surface area contributed by atoms with Crippen LogP contribution in [0.4, 0.5) is 0 Å². The molecule has 3 aromatic heterocycles. The van der Waals surface area contributed by atoms with Crippen molar-refractivity contribution in [2.45, 2.75) is 110 Å². The number of aromatic nitrogens is 4. The molecule has 0 radical (unpaired) electrons. The van der Waals surface area contributed by atoms with Gasteiger partial charge in [0.05, 0.1) is 11.4 Å². The number of imidazole rings is 1. The second-order valence-corrected chi connectivity index (χ2v) is 23.1. The maximum absolute atomic E-state index is 6.91. The van der Waals surface area contributed by atoms with E-state index in [9.17, 15) is 0 Å². The summed E-state index contributed by atoms with van der Waals surface area (Å²) in [5, 5.41) is 2.30. The number of hydrogen-bond acceptors (Lipinski definition) is 2. The molecule has 0 saturated carbocycles. The minimum Gasteiger partial charge on any atom is -0.510 e. The second kappa shape index (κ2) is 19.2. The molecule has 0 N–H and O–H groups in total. The first-order chi connectivity index (χ1) is 34.2. The van der Waals surface area contributed by atoms with E-state index in [4.69, 9.17) is 9.72 Å². The van der Waals surface area contributed by atoms with E-state index in [1.54, 1.807) is 0 Å². The summed E-state index contributed by atoms with van der Waals surface area (Å²) < 4.78 is 13.5. The number of hydrogen-bond donors (Lipinski definition) is 0. The van der Waals surface area contributed by atoms with Gasteiger partial charge in [0.2, 0.25) is 0 Å². The van der Waals surface area contributed by atoms with E-state index in [1.807, 2.05) is 18.3 Å². The zero-order chi connectivity index (χ0) is 50.8. The quantitative estimate of drug-likeness (QED) is 0.0956. The molecule has 0 atom stereocenters. The van der Waals surface area contributed by atoms with Crippen LogP contribution in [0.5, 0.6) is 11.5 Å². The fourth-order valence-electron chi connectivity index (χ4n) is 10.3. The van der Waals surface area contributed by atoms with Gasteiger partial charge in [-0.15, -0.1) is 29.8 Å². The zero-order valence-electron chi connectivity index (χ0n) is 44.3. The number of pyridine rings is 1. The van der Waals surface area contributed by atoms with Gasteiger partial charge in [-0.05, 0) is 85.6 Å². The van der Waals surface area contributed by atoms with E-state index >= 15 is 0 Å². The van der Waals surface area contributed by atoms with Gasteiger partial charge in [0.1, 0.15) is 5.82 Å². The van der Waals surface area contributed by atoms with Gasteiger partial charge in [0, 0.05) is 66.7 Å². The van der Waals surface area contributed by atoms with E-state index in [2.05, 4.69) is 279 Å². The van der Waals surface area contributed by atoms with E-state index in [-0.39, 0.29) is 48.1 Å². The van der Waals surface area contributed by atoms with Gasteiger partial charge in [-0.2, -0.15) is 12.1 Å². The van der Waals surface area contributed by atoms with Crippen molar-refractivity contribution in [1.82, 2.24) is 14.1 Å². The van der Waals surface area contributed by atoms with Crippen LogP contribution < -0.4 is 9.30 Å². The predicted molar refractivity (Wildman–Crippen MR) is 296 cm³/mol. The fraction of sp³-hybridized carbons (Fsp3) is 0.254. The van der Waals surface area contributed by atoms with Crippen LogP contribution in [-0.2, 0) is 48.1 Å². The Hall–Kier alpha value is -6.81. The predicted octanol–water partition coefficient (Wildman–Crippen LogP) is 16.0. The molecule has 73 heavy (non-hydrogen) atoms. The van der Waals surface area contributed by atoms with E-state index in [0.717, 1.165) is 44.7 Å². The van der Waals surface area contributed by atoms with Crippen LogP contribution >= 0.6 is 0 Å². The van der Waals surface area contributed by atoms with Crippen molar-refractivity contribution >= 4 is 21.8 Å². The summed E-state index contributed by atoms with van der Waals surface area (Å²) >= 11 is 0. The number of nitrogens with zero attached hydrogens (tertiary/aromatic N) is 4. The number of benzene rings is 7. The minimum absolute atomic E-state index is 0. The number of para-hydroxylation sites is 1. The van der Waals surface area contributed by atoms with Crippen LogP contribution in [0.2, 0.25) is 0 Å². The Morgan fingerprint density at radius 1 is 0.493 bits per heavy atom. The molecule has 10 rings (SSSR count). The second-order valence-electron chi connectivity index (χ2n) is 23.1. The third-order valence-corrected chi connectivity index (χ3v) is 15.0. The monoisotopic (exact) mass is 1140 g/mol. The maximum atomic E-state index is 6.91. The molecule has 0 aliphatic carbocycles. The summed E-state index contributed by atoms with van der Waals surface area (Å²) in [6, 6.07) is 68.1. The van der Waals surface area contributed by atoms with Gasteiger partial charge in [-0.3, -0.25) is 4.57 Å². The molecular weight excluding hydrogens is 1070 g/mol. The molecule has 10 aromatic rings. The molecule has 0 spiro atoms. The van der Waals surface area contributed by atoms with Crippen molar-refractivity contribution in [3.05, 3.63) is 245 Å².